The molecule has 0 aromatic heterocycles. The summed E-state index contributed by atoms with van der Waals surface area (Å²) in [6.07, 6.45) is 23.8. The Morgan fingerprint density at radius 1 is 0.808 bits per heavy atom. The van der Waals surface area contributed by atoms with E-state index in [1.807, 2.05) is 0 Å². The summed E-state index contributed by atoms with van der Waals surface area (Å²) in [4.78, 5) is 10.9. The van der Waals surface area contributed by atoms with Gasteiger partial charge in [-0.25, -0.2) is 0 Å². The highest BCUT2D eigenvalue weighted by Gasteiger charge is 1.96. The summed E-state index contributed by atoms with van der Waals surface area (Å²) >= 11 is 0. The van der Waals surface area contributed by atoms with Gasteiger partial charge in [0.05, 0.1) is 7.11 Å². The number of benzene rings is 1. The minimum Gasteiger partial charge on any atom is -0.469 e. The molecular formula is C24H34O2. The fourth-order valence-electron chi connectivity index (χ4n) is 2.66. The number of hydrogen-bond acceptors (Lipinski definition) is 2. The summed E-state index contributed by atoms with van der Waals surface area (Å²) in [7, 11) is 1.43. The molecule has 1 rings (SSSR count). The van der Waals surface area contributed by atoms with Crippen LogP contribution in [0.4, 0.5) is 0 Å². The average Bonchev–Trinajstić information content (AvgIpc) is 2.68. The van der Waals surface area contributed by atoms with Crippen LogP contribution >= 0.6 is 0 Å². The molecule has 0 amide bonds. The molecule has 0 saturated carbocycles. The predicted octanol–water partition coefficient (Wildman–Crippen LogP) is 6.58. The van der Waals surface area contributed by atoms with Crippen LogP contribution in [0.5, 0.6) is 0 Å². The number of carbonyl (C=O) groups is 1. The van der Waals surface area contributed by atoms with Crippen LogP contribution in [-0.2, 0) is 16.0 Å². The predicted molar refractivity (Wildman–Crippen MR) is 111 cm³/mol. The van der Waals surface area contributed by atoms with Crippen LogP contribution < -0.4 is 0 Å². The summed E-state index contributed by atoms with van der Waals surface area (Å²) in [5, 5.41) is 0. The molecule has 0 spiro atoms. The molecule has 26 heavy (non-hydrogen) atoms. The molecule has 1 aromatic rings. The lowest BCUT2D eigenvalue weighted by molar-refractivity contribution is -0.140. The fourth-order valence-corrected chi connectivity index (χ4v) is 2.66. The highest BCUT2D eigenvalue weighted by Crippen LogP contribution is 2.08. The maximum absolute atomic E-state index is 10.9. The first-order chi connectivity index (χ1) is 12.8. The number of esters is 1. The zero-order valence-electron chi connectivity index (χ0n) is 16.2. The molecule has 0 radical (unpaired) electrons. The van der Waals surface area contributed by atoms with Gasteiger partial charge in [-0.15, -0.1) is 0 Å². The standard InChI is InChI=1S/C24H34O2/c1-26-24(25)22-18-13-11-9-7-5-3-2-4-6-8-10-12-15-19-23-20-16-14-17-21-23/h3-6,9,11,14,16-17,20-21H,2,7-8,10,12-13,15,18-19,22H2,1H3/b5-3+,6-4+,11-9+. The molecule has 0 heterocycles. The SMILES string of the molecule is COC(=O)CCC/C=C/C/C=C/C/C=C/CCCCCc1ccccc1. The summed E-state index contributed by atoms with van der Waals surface area (Å²) in [5.74, 6) is -0.124. The third-order valence-electron chi connectivity index (χ3n) is 4.20. The van der Waals surface area contributed by atoms with Crippen LogP contribution in [0, 0.1) is 0 Å². The summed E-state index contributed by atoms with van der Waals surface area (Å²) in [6.45, 7) is 0. The van der Waals surface area contributed by atoms with Crippen molar-refractivity contribution in [3.05, 3.63) is 72.4 Å². The summed E-state index contributed by atoms with van der Waals surface area (Å²) in [6, 6.07) is 10.7. The molecule has 0 unspecified atom stereocenters. The zero-order valence-corrected chi connectivity index (χ0v) is 16.2. The second-order valence-electron chi connectivity index (χ2n) is 6.44. The Kier molecular flexibility index (Phi) is 13.8. The van der Waals surface area contributed by atoms with Crippen molar-refractivity contribution in [3.8, 4) is 0 Å². The molecule has 2 heteroatoms. The molecule has 0 saturated heterocycles. The van der Waals surface area contributed by atoms with Crippen molar-refractivity contribution in [1.29, 1.82) is 0 Å². The fraction of sp³-hybridized carbons (Fsp3) is 0.458. The van der Waals surface area contributed by atoms with Gasteiger partial charge in [-0.2, -0.15) is 0 Å². The Labute approximate surface area is 159 Å². The Morgan fingerprint density at radius 2 is 1.42 bits per heavy atom. The highest BCUT2D eigenvalue weighted by atomic mass is 16.5. The van der Waals surface area contributed by atoms with Crippen molar-refractivity contribution < 1.29 is 9.53 Å². The monoisotopic (exact) mass is 354 g/mol. The first kappa shape index (κ1) is 22.0. The van der Waals surface area contributed by atoms with E-state index in [2.05, 4.69) is 71.5 Å². The quantitative estimate of drug-likeness (QED) is 0.214. The molecule has 2 nitrogen and oxygen atoms in total. The number of hydrogen-bond donors (Lipinski definition) is 0. The lowest BCUT2D eigenvalue weighted by Crippen LogP contribution is -1.98. The number of ether oxygens (including phenoxy) is 1. The smallest absolute Gasteiger partial charge is 0.305 e. The van der Waals surface area contributed by atoms with Crippen LogP contribution in [0.25, 0.3) is 0 Å². The molecule has 1 aromatic carbocycles. The summed E-state index contributed by atoms with van der Waals surface area (Å²) in [5.41, 5.74) is 1.45. The van der Waals surface area contributed by atoms with Crippen molar-refractivity contribution in [2.45, 2.75) is 64.2 Å². The molecule has 0 atom stereocenters. The van der Waals surface area contributed by atoms with Gasteiger partial charge in [0.25, 0.3) is 0 Å². The molecule has 0 fully saturated rings. The second kappa shape index (κ2) is 16.4. The number of aryl methyl sites for hydroxylation is 1. The lowest BCUT2D eigenvalue weighted by atomic mass is 10.1. The van der Waals surface area contributed by atoms with E-state index in [1.54, 1.807) is 0 Å². The Morgan fingerprint density at radius 3 is 2.08 bits per heavy atom. The van der Waals surface area contributed by atoms with Gasteiger partial charge < -0.3 is 4.74 Å². The van der Waals surface area contributed by atoms with Crippen LogP contribution in [0.2, 0.25) is 0 Å². The summed E-state index contributed by atoms with van der Waals surface area (Å²) < 4.78 is 4.61. The molecule has 0 aliphatic rings. The van der Waals surface area contributed by atoms with Gasteiger partial charge in [0, 0.05) is 6.42 Å². The third kappa shape index (κ3) is 13.2. The Balaban J connectivity index is 1.89. The Hall–Kier alpha value is -2.09. The van der Waals surface area contributed by atoms with Crippen molar-refractivity contribution in [3.63, 3.8) is 0 Å². The van der Waals surface area contributed by atoms with E-state index in [-0.39, 0.29) is 5.97 Å². The Bertz CT molecular complexity index is 541. The second-order valence-corrected chi connectivity index (χ2v) is 6.44. The molecular weight excluding hydrogens is 320 g/mol. The molecule has 0 aliphatic heterocycles. The number of methoxy groups -OCH3 is 1. The first-order valence-corrected chi connectivity index (χ1v) is 9.88. The van der Waals surface area contributed by atoms with Crippen molar-refractivity contribution in [2.75, 3.05) is 7.11 Å². The van der Waals surface area contributed by atoms with E-state index in [9.17, 15) is 4.79 Å². The average molecular weight is 355 g/mol. The van der Waals surface area contributed by atoms with Gasteiger partial charge in [0.15, 0.2) is 0 Å². The number of unbranched alkanes of at least 4 members (excludes halogenated alkanes) is 4. The minimum atomic E-state index is -0.124. The third-order valence-corrected chi connectivity index (χ3v) is 4.20. The molecule has 0 N–H and O–H groups in total. The van der Waals surface area contributed by atoms with Crippen molar-refractivity contribution in [2.24, 2.45) is 0 Å². The van der Waals surface area contributed by atoms with E-state index >= 15 is 0 Å². The zero-order chi connectivity index (χ0) is 18.7. The minimum absolute atomic E-state index is 0.124. The van der Waals surface area contributed by atoms with E-state index < -0.39 is 0 Å². The topological polar surface area (TPSA) is 26.3 Å². The molecule has 0 aliphatic carbocycles. The van der Waals surface area contributed by atoms with E-state index in [0.29, 0.717) is 6.42 Å². The molecule has 142 valence electrons. The van der Waals surface area contributed by atoms with Gasteiger partial charge in [-0.1, -0.05) is 73.2 Å². The van der Waals surface area contributed by atoms with E-state index in [1.165, 1.54) is 44.8 Å². The van der Waals surface area contributed by atoms with Crippen LogP contribution in [0.3, 0.4) is 0 Å². The van der Waals surface area contributed by atoms with E-state index in [4.69, 9.17) is 0 Å². The van der Waals surface area contributed by atoms with Gasteiger partial charge in [0.1, 0.15) is 0 Å². The van der Waals surface area contributed by atoms with Gasteiger partial charge in [-0.3, -0.25) is 4.79 Å². The van der Waals surface area contributed by atoms with Gasteiger partial charge in [-0.05, 0) is 56.9 Å². The number of rotatable bonds is 14. The highest BCUT2D eigenvalue weighted by molar-refractivity contribution is 5.69. The van der Waals surface area contributed by atoms with Crippen LogP contribution in [0.1, 0.15) is 63.4 Å². The largest absolute Gasteiger partial charge is 0.469 e. The van der Waals surface area contributed by atoms with Crippen LogP contribution in [-0.4, -0.2) is 13.1 Å². The van der Waals surface area contributed by atoms with E-state index in [0.717, 1.165) is 25.7 Å². The van der Waals surface area contributed by atoms with Gasteiger partial charge >= 0.3 is 5.97 Å². The maximum Gasteiger partial charge on any atom is 0.305 e. The number of allylic oxidation sites excluding steroid dienone is 6. The van der Waals surface area contributed by atoms with Crippen molar-refractivity contribution in [1.82, 2.24) is 0 Å². The number of carbonyl (C=O) groups excluding carboxylic acids is 1. The molecule has 0 bridgehead atoms. The van der Waals surface area contributed by atoms with Crippen molar-refractivity contribution >= 4 is 5.97 Å². The van der Waals surface area contributed by atoms with Gasteiger partial charge in [0.2, 0.25) is 0 Å². The normalized spacial score (nSPS) is 11.7. The first-order valence-electron chi connectivity index (χ1n) is 9.88. The van der Waals surface area contributed by atoms with Crippen LogP contribution in [0.15, 0.2) is 66.8 Å². The maximum atomic E-state index is 10.9. The lowest BCUT2D eigenvalue weighted by Gasteiger charge is -2.00.